The summed E-state index contributed by atoms with van der Waals surface area (Å²) in [6.45, 7) is 4.04. The smallest absolute Gasteiger partial charge is 0.210 e. The monoisotopic (exact) mass is 288 g/mol. The lowest BCUT2D eigenvalue weighted by Crippen LogP contribution is -2.32. The van der Waals surface area contributed by atoms with Crippen molar-refractivity contribution >= 4 is 26.9 Å². The van der Waals surface area contributed by atoms with Gasteiger partial charge in [0.1, 0.15) is 0 Å². The van der Waals surface area contributed by atoms with Gasteiger partial charge < -0.3 is 10.6 Å². The number of anilines is 3. The number of sulfone groups is 1. The van der Waals surface area contributed by atoms with Gasteiger partial charge in [0, 0.05) is 6.04 Å². The second kappa shape index (κ2) is 4.24. The van der Waals surface area contributed by atoms with Crippen LogP contribution in [0.4, 0.5) is 17.1 Å². The summed E-state index contributed by atoms with van der Waals surface area (Å²) in [4.78, 5) is 2.61. The highest BCUT2D eigenvalue weighted by Crippen LogP contribution is 2.47. The Bertz CT molecular complexity index is 782. The molecule has 0 atom stereocenters. The minimum atomic E-state index is -3.51. The number of nitrogens with zero attached hydrogens (tertiary/aromatic N) is 1. The van der Waals surface area contributed by atoms with Crippen LogP contribution in [0.1, 0.15) is 13.8 Å². The molecule has 0 spiro atoms. The summed E-state index contributed by atoms with van der Waals surface area (Å²) in [6, 6.07) is 12.2. The van der Waals surface area contributed by atoms with Gasteiger partial charge in [-0.1, -0.05) is 18.2 Å². The van der Waals surface area contributed by atoms with E-state index in [4.69, 9.17) is 5.73 Å². The molecule has 0 fully saturated rings. The normalized spacial score (nSPS) is 15.8. The Hall–Kier alpha value is -2.01. The first-order valence-corrected chi connectivity index (χ1v) is 7.94. The van der Waals surface area contributed by atoms with Crippen LogP contribution in [0.15, 0.2) is 52.3 Å². The molecule has 0 saturated heterocycles. The summed E-state index contributed by atoms with van der Waals surface area (Å²) in [5, 5.41) is 0. The summed E-state index contributed by atoms with van der Waals surface area (Å²) in [7, 11) is -3.51. The number of hydrogen-bond acceptors (Lipinski definition) is 4. The molecule has 3 rings (SSSR count). The van der Waals surface area contributed by atoms with Crippen molar-refractivity contribution < 1.29 is 8.42 Å². The van der Waals surface area contributed by atoms with Crippen molar-refractivity contribution in [2.45, 2.75) is 29.7 Å². The number of rotatable bonds is 1. The van der Waals surface area contributed by atoms with E-state index < -0.39 is 9.84 Å². The van der Waals surface area contributed by atoms with Crippen molar-refractivity contribution in [2.75, 3.05) is 10.6 Å². The number of benzene rings is 2. The molecule has 0 saturated carbocycles. The standard InChI is InChI=1S/C15H16N2O2S/c1-10(2)17-12-7-3-4-8-13(12)20(18,19)14-9-5-6-11(16)15(14)17/h3-10H,16H2,1-2H3. The predicted octanol–water partition coefficient (Wildman–Crippen LogP) is 2.96. The Morgan fingerprint density at radius 3 is 2.35 bits per heavy atom. The second-order valence-electron chi connectivity index (χ2n) is 5.13. The molecule has 0 aromatic heterocycles. The first kappa shape index (κ1) is 13.0. The van der Waals surface area contributed by atoms with Crippen LogP contribution in [0, 0.1) is 0 Å². The fourth-order valence-electron chi connectivity index (χ4n) is 2.67. The maximum Gasteiger partial charge on any atom is 0.210 e. The molecule has 1 aliphatic heterocycles. The minimum Gasteiger partial charge on any atom is -0.397 e. The Morgan fingerprint density at radius 2 is 1.65 bits per heavy atom. The number of nitrogen functional groups attached to an aromatic ring is 1. The Morgan fingerprint density at radius 1 is 1.00 bits per heavy atom. The van der Waals surface area contributed by atoms with Crippen LogP contribution < -0.4 is 10.6 Å². The van der Waals surface area contributed by atoms with Crippen LogP contribution in [-0.4, -0.2) is 14.5 Å². The average molecular weight is 288 g/mol. The predicted molar refractivity (Wildman–Crippen MR) is 80.0 cm³/mol. The molecule has 0 aliphatic carbocycles. The van der Waals surface area contributed by atoms with Crippen LogP contribution in [0.5, 0.6) is 0 Å². The first-order valence-electron chi connectivity index (χ1n) is 6.46. The zero-order chi connectivity index (χ0) is 14.5. The zero-order valence-corrected chi connectivity index (χ0v) is 12.2. The molecule has 0 unspecified atom stereocenters. The van der Waals surface area contributed by atoms with E-state index in [1.165, 1.54) is 0 Å². The number of para-hydroxylation sites is 2. The van der Waals surface area contributed by atoms with Gasteiger partial charge in [0.15, 0.2) is 0 Å². The van der Waals surface area contributed by atoms with Crippen molar-refractivity contribution in [2.24, 2.45) is 0 Å². The van der Waals surface area contributed by atoms with Gasteiger partial charge in [-0.15, -0.1) is 0 Å². The third-order valence-corrected chi connectivity index (χ3v) is 5.32. The zero-order valence-electron chi connectivity index (χ0n) is 11.4. The largest absolute Gasteiger partial charge is 0.397 e. The fourth-order valence-corrected chi connectivity index (χ4v) is 4.34. The molecule has 0 amide bonds. The van der Waals surface area contributed by atoms with Gasteiger partial charge >= 0.3 is 0 Å². The third kappa shape index (κ3) is 1.63. The van der Waals surface area contributed by atoms with Crippen molar-refractivity contribution in [1.82, 2.24) is 0 Å². The molecule has 2 aromatic carbocycles. The molecule has 5 heteroatoms. The highest BCUT2D eigenvalue weighted by Gasteiger charge is 2.35. The molecule has 0 radical (unpaired) electrons. The highest BCUT2D eigenvalue weighted by atomic mass is 32.2. The fraction of sp³-hybridized carbons (Fsp3) is 0.200. The van der Waals surface area contributed by atoms with Gasteiger partial charge in [0.2, 0.25) is 9.84 Å². The number of nitrogens with two attached hydrogens (primary N) is 1. The van der Waals surface area contributed by atoms with E-state index in [1.54, 1.807) is 30.3 Å². The summed E-state index contributed by atoms with van der Waals surface area (Å²) in [6.07, 6.45) is 0. The molecule has 20 heavy (non-hydrogen) atoms. The summed E-state index contributed by atoms with van der Waals surface area (Å²) in [5.41, 5.74) is 7.79. The lowest BCUT2D eigenvalue weighted by Gasteiger charge is -2.36. The van der Waals surface area contributed by atoms with Gasteiger partial charge in [-0.25, -0.2) is 8.42 Å². The van der Waals surface area contributed by atoms with Crippen LogP contribution in [0.25, 0.3) is 0 Å². The summed E-state index contributed by atoms with van der Waals surface area (Å²) < 4.78 is 25.5. The molecule has 104 valence electrons. The lowest BCUT2D eigenvalue weighted by atomic mass is 10.1. The molecule has 2 aromatic rings. The highest BCUT2D eigenvalue weighted by molar-refractivity contribution is 7.92. The van der Waals surface area contributed by atoms with E-state index in [9.17, 15) is 8.42 Å². The Kier molecular flexibility index (Phi) is 2.76. The minimum absolute atomic E-state index is 0.107. The first-order chi connectivity index (χ1) is 9.44. The van der Waals surface area contributed by atoms with E-state index in [-0.39, 0.29) is 10.9 Å². The van der Waals surface area contributed by atoms with E-state index in [2.05, 4.69) is 0 Å². The maximum atomic E-state index is 12.7. The van der Waals surface area contributed by atoms with E-state index >= 15 is 0 Å². The van der Waals surface area contributed by atoms with Crippen LogP contribution in [-0.2, 0) is 9.84 Å². The molecule has 1 heterocycles. The molecule has 1 aliphatic rings. The van der Waals surface area contributed by atoms with Gasteiger partial charge in [-0.3, -0.25) is 0 Å². The van der Waals surface area contributed by atoms with E-state index in [1.807, 2.05) is 30.9 Å². The SMILES string of the molecule is CC(C)N1c2ccccc2S(=O)(=O)c2cccc(N)c21. The third-order valence-electron chi connectivity index (χ3n) is 3.49. The molecule has 0 bridgehead atoms. The van der Waals surface area contributed by atoms with E-state index in [0.29, 0.717) is 22.0 Å². The average Bonchev–Trinajstić information content (AvgIpc) is 2.40. The summed E-state index contributed by atoms with van der Waals surface area (Å²) >= 11 is 0. The number of fused-ring (bicyclic) bond motifs is 2. The van der Waals surface area contributed by atoms with Gasteiger partial charge in [-0.05, 0) is 38.1 Å². The van der Waals surface area contributed by atoms with Crippen molar-refractivity contribution in [3.05, 3.63) is 42.5 Å². The van der Waals surface area contributed by atoms with Crippen LogP contribution in [0.2, 0.25) is 0 Å². The molecular formula is C15H16N2O2S. The quantitative estimate of drug-likeness (QED) is 0.819. The van der Waals surface area contributed by atoms with Crippen molar-refractivity contribution in [3.8, 4) is 0 Å². The van der Waals surface area contributed by atoms with Gasteiger partial charge in [0.25, 0.3) is 0 Å². The number of hydrogen-bond donors (Lipinski definition) is 1. The topological polar surface area (TPSA) is 63.4 Å². The maximum absolute atomic E-state index is 12.7. The van der Waals surface area contributed by atoms with Gasteiger partial charge in [-0.2, -0.15) is 0 Å². The Balaban J connectivity index is 2.45. The molecule has 4 nitrogen and oxygen atoms in total. The van der Waals surface area contributed by atoms with Crippen molar-refractivity contribution in [1.29, 1.82) is 0 Å². The Labute approximate surface area is 118 Å². The molecular weight excluding hydrogens is 272 g/mol. The van der Waals surface area contributed by atoms with Gasteiger partial charge in [0.05, 0.1) is 26.9 Å². The van der Waals surface area contributed by atoms with Crippen LogP contribution >= 0.6 is 0 Å². The molecule has 2 N–H and O–H groups in total. The summed E-state index contributed by atoms with van der Waals surface area (Å²) in [5.74, 6) is 0. The second-order valence-corrected chi connectivity index (χ2v) is 7.02. The lowest BCUT2D eigenvalue weighted by molar-refractivity contribution is 0.592. The van der Waals surface area contributed by atoms with Crippen molar-refractivity contribution in [3.63, 3.8) is 0 Å². The van der Waals surface area contributed by atoms with Crippen LogP contribution in [0.3, 0.4) is 0 Å². The van der Waals surface area contributed by atoms with E-state index in [0.717, 1.165) is 0 Å².